The lowest BCUT2D eigenvalue weighted by Gasteiger charge is -2.39. The molecule has 0 aromatic heterocycles. The number of carbonyl (C=O) groups excluding carboxylic acids is 1. The lowest BCUT2D eigenvalue weighted by molar-refractivity contribution is 0.0151. The van der Waals surface area contributed by atoms with Gasteiger partial charge >= 0.3 is 6.09 Å². The van der Waals surface area contributed by atoms with Crippen LogP contribution in [0.2, 0.25) is 0 Å². The van der Waals surface area contributed by atoms with Crippen LogP contribution in [0, 0.1) is 11.3 Å². The summed E-state index contributed by atoms with van der Waals surface area (Å²) in [5.74, 6) is 0.613. The van der Waals surface area contributed by atoms with E-state index in [2.05, 4.69) is 0 Å². The number of piperidine rings is 1. The Balaban J connectivity index is 1.82. The van der Waals surface area contributed by atoms with E-state index >= 15 is 0 Å². The lowest BCUT2D eigenvalue weighted by Crippen LogP contribution is -2.43. The maximum atomic E-state index is 12.3. The first-order chi connectivity index (χ1) is 10.8. The third-order valence-corrected chi connectivity index (χ3v) is 5.60. The highest BCUT2D eigenvalue weighted by Crippen LogP contribution is 2.40. The largest absolute Gasteiger partial charge is 0.444 e. The monoisotopic (exact) mass is 324 g/mol. The standard InChI is InChI=1S/C19H36N2O2/c1-18(2,3)23-17(22)21-13-7-8-16(14-21)9-12-19(15-20)10-5-4-6-11-19/h16H,4-15,20H2,1-3H3. The van der Waals surface area contributed by atoms with Gasteiger partial charge in [0.25, 0.3) is 0 Å². The zero-order valence-corrected chi connectivity index (χ0v) is 15.4. The predicted molar refractivity (Wildman–Crippen MR) is 94.3 cm³/mol. The fourth-order valence-corrected chi connectivity index (χ4v) is 4.16. The minimum Gasteiger partial charge on any atom is -0.444 e. The van der Waals surface area contributed by atoms with Crippen molar-refractivity contribution in [3.05, 3.63) is 0 Å². The molecule has 0 aromatic rings. The number of likely N-dealkylation sites (tertiary alicyclic amines) is 1. The number of carbonyl (C=O) groups is 1. The van der Waals surface area contributed by atoms with Crippen LogP contribution < -0.4 is 5.73 Å². The Hall–Kier alpha value is -0.770. The summed E-state index contributed by atoms with van der Waals surface area (Å²) in [4.78, 5) is 14.2. The molecule has 0 aromatic carbocycles. The molecule has 23 heavy (non-hydrogen) atoms. The minimum absolute atomic E-state index is 0.145. The van der Waals surface area contributed by atoms with Gasteiger partial charge in [0.05, 0.1) is 0 Å². The van der Waals surface area contributed by atoms with Crippen LogP contribution in [-0.2, 0) is 4.74 Å². The van der Waals surface area contributed by atoms with Crippen molar-refractivity contribution in [2.24, 2.45) is 17.1 Å². The topological polar surface area (TPSA) is 55.6 Å². The van der Waals surface area contributed by atoms with E-state index in [0.717, 1.165) is 26.1 Å². The number of amides is 1. The van der Waals surface area contributed by atoms with E-state index in [-0.39, 0.29) is 6.09 Å². The molecule has 134 valence electrons. The summed E-state index contributed by atoms with van der Waals surface area (Å²) in [5, 5.41) is 0. The van der Waals surface area contributed by atoms with Crippen LogP contribution in [0.25, 0.3) is 0 Å². The smallest absolute Gasteiger partial charge is 0.410 e. The summed E-state index contributed by atoms with van der Waals surface area (Å²) in [6, 6.07) is 0. The van der Waals surface area contributed by atoms with E-state index in [1.54, 1.807) is 0 Å². The van der Waals surface area contributed by atoms with Gasteiger partial charge in [-0.05, 0) is 77.2 Å². The molecule has 2 rings (SSSR count). The second-order valence-electron chi connectivity index (χ2n) is 8.74. The molecule has 1 aliphatic heterocycles. The van der Waals surface area contributed by atoms with Gasteiger partial charge in [-0.15, -0.1) is 0 Å². The highest BCUT2D eigenvalue weighted by molar-refractivity contribution is 5.68. The third kappa shape index (κ3) is 5.66. The van der Waals surface area contributed by atoms with Crippen molar-refractivity contribution in [1.29, 1.82) is 0 Å². The number of hydrogen-bond donors (Lipinski definition) is 1. The van der Waals surface area contributed by atoms with Gasteiger partial charge in [0.2, 0.25) is 0 Å². The van der Waals surface area contributed by atoms with Crippen LogP contribution in [0.3, 0.4) is 0 Å². The maximum Gasteiger partial charge on any atom is 0.410 e. The average molecular weight is 325 g/mol. The fourth-order valence-electron chi connectivity index (χ4n) is 4.16. The molecule has 2 fully saturated rings. The van der Waals surface area contributed by atoms with E-state index in [1.165, 1.54) is 51.4 Å². The average Bonchev–Trinajstić information content (AvgIpc) is 2.52. The second-order valence-corrected chi connectivity index (χ2v) is 8.74. The quantitative estimate of drug-likeness (QED) is 0.837. The summed E-state index contributed by atoms with van der Waals surface area (Å²) in [5.41, 5.74) is 6.09. The van der Waals surface area contributed by atoms with Crippen LogP contribution in [0.5, 0.6) is 0 Å². The van der Waals surface area contributed by atoms with Crippen molar-refractivity contribution in [1.82, 2.24) is 4.90 Å². The number of nitrogens with zero attached hydrogens (tertiary/aromatic N) is 1. The van der Waals surface area contributed by atoms with Crippen LogP contribution >= 0.6 is 0 Å². The molecule has 1 saturated carbocycles. The van der Waals surface area contributed by atoms with E-state index in [0.29, 0.717) is 11.3 Å². The van der Waals surface area contributed by atoms with Gasteiger partial charge in [0, 0.05) is 13.1 Å². The molecule has 1 unspecified atom stereocenters. The van der Waals surface area contributed by atoms with E-state index in [1.807, 2.05) is 25.7 Å². The molecule has 1 amide bonds. The van der Waals surface area contributed by atoms with Crippen molar-refractivity contribution >= 4 is 6.09 Å². The van der Waals surface area contributed by atoms with Crippen molar-refractivity contribution < 1.29 is 9.53 Å². The molecule has 0 bridgehead atoms. The lowest BCUT2D eigenvalue weighted by atomic mass is 9.70. The Morgan fingerprint density at radius 3 is 2.52 bits per heavy atom. The summed E-state index contributed by atoms with van der Waals surface area (Å²) in [6.07, 6.45) is 11.3. The van der Waals surface area contributed by atoms with Gasteiger partial charge in [0.1, 0.15) is 5.60 Å². The van der Waals surface area contributed by atoms with Gasteiger partial charge in [-0.25, -0.2) is 4.79 Å². The molecule has 1 heterocycles. The van der Waals surface area contributed by atoms with Crippen molar-refractivity contribution in [3.63, 3.8) is 0 Å². The number of hydrogen-bond acceptors (Lipinski definition) is 3. The first-order valence-corrected chi connectivity index (χ1v) is 9.52. The molecule has 4 nitrogen and oxygen atoms in total. The molecule has 1 saturated heterocycles. The third-order valence-electron chi connectivity index (χ3n) is 5.60. The molecule has 2 N–H and O–H groups in total. The summed E-state index contributed by atoms with van der Waals surface area (Å²) in [6.45, 7) is 8.32. The van der Waals surface area contributed by atoms with E-state index < -0.39 is 5.60 Å². The summed E-state index contributed by atoms with van der Waals surface area (Å²) in [7, 11) is 0. The molecule has 0 radical (unpaired) electrons. The Kier molecular flexibility index (Phi) is 6.35. The molecule has 1 atom stereocenters. The zero-order valence-electron chi connectivity index (χ0n) is 15.4. The summed E-state index contributed by atoms with van der Waals surface area (Å²) >= 11 is 0. The Morgan fingerprint density at radius 1 is 1.22 bits per heavy atom. The number of nitrogens with two attached hydrogens (primary N) is 1. The molecule has 1 aliphatic carbocycles. The van der Waals surface area contributed by atoms with Gasteiger partial charge in [0.15, 0.2) is 0 Å². The minimum atomic E-state index is -0.407. The first kappa shape index (κ1) is 18.6. The summed E-state index contributed by atoms with van der Waals surface area (Å²) < 4.78 is 5.53. The Bertz CT molecular complexity index is 383. The second kappa shape index (κ2) is 7.87. The van der Waals surface area contributed by atoms with Crippen LogP contribution in [0.15, 0.2) is 0 Å². The fraction of sp³-hybridized carbons (Fsp3) is 0.947. The molecule has 0 spiro atoms. The van der Waals surface area contributed by atoms with Crippen molar-refractivity contribution in [2.45, 2.75) is 84.2 Å². The molecular formula is C19H36N2O2. The first-order valence-electron chi connectivity index (χ1n) is 9.52. The van der Waals surface area contributed by atoms with Gasteiger partial charge in [-0.1, -0.05) is 19.3 Å². The van der Waals surface area contributed by atoms with Gasteiger partial charge in [-0.3, -0.25) is 0 Å². The molecule has 4 heteroatoms. The van der Waals surface area contributed by atoms with Crippen LogP contribution in [0.1, 0.15) is 78.6 Å². The predicted octanol–water partition coefficient (Wildman–Crippen LogP) is 4.32. The normalized spacial score (nSPS) is 25.2. The highest BCUT2D eigenvalue weighted by Gasteiger charge is 2.33. The van der Waals surface area contributed by atoms with Crippen LogP contribution in [0.4, 0.5) is 4.79 Å². The maximum absolute atomic E-state index is 12.3. The van der Waals surface area contributed by atoms with Crippen molar-refractivity contribution in [2.75, 3.05) is 19.6 Å². The zero-order chi connectivity index (χ0) is 16.9. The van der Waals surface area contributed by atoms with Gasteiger partial charge in [-0.2, -0.15) is 0 Å². The van der Waals surface area contributed by atoms with Crippen molar-refractivity contribution in [3.8, 4) is 0 Å². The van der Waals surface area contributed by atoms with E-state index in [4.69, 9.17) is 10.5 Å². The molecule has 2 aliphatic rings. The van der Waals surface area contributed by atoms with Gasteiger partial charge < -0.3 is 15.4 Å². The number of ether oxygens (including phenoxy) is 1. The SMILES string of the molecule is CC(C)(C)OC(=O)N1CCCC(CCC2(CN)CCCCC2)C1. The van der Waals surface area contributed by atoms with Crippen LogP contribution in [-0.4, -0.2) is 36.2 Å². The Morgan fingerprint density at radius 2 is 1.91 bits per heavy atom. The van der Waals surface area contributed by atoms with E-state index in [9.17, 15) is 4.79 Å². The Labute approximate surface area is 142 Å². The highest BCUT2D eigenvalue weighted by atomic mass is 16.6. The number of rotatable bonds is 4. The molecular weight excluding hydrogens is 288 g/mol.